The van der Waals surface area contributed by atoms with Crippen molar-refractivity contribution in [1.82, 2.24) is 0 Å². The normalized spacial score (nSPS) is 10.2. The van der Waals surface area contributed by atoms with E-state index in [0.29, 0.717) is 21.4 Å². The Hall–Kier alpha value is -1.71. The molecule has 0 fully saturated rings. The molecule has 104 valence electrons. The Morgan fingerprint density at radius 2 is 1.70 bits per heavy atom. The molecule has 20 heavy (non-hydrogen) atoms. The van der Waals surface area contributed by atoms with E-state index in [-0.39, 0.29) is 12.4 Å². The van der Waals surface area contributed by atoms with Gasteiger partial charge in [-0.2, -0.15) is 0 Å². The molecule has 0 aliphatic heterocycles. The number of benzene rings is 2. The molecule has 0 bridgehead atoms. The summed E-state index contributed by atoms with van der Waals surface area (Å²) in [5.41, 5.74) is 0.393. The summed E-state index contributed by atoms with van der Waals surface area (Å²) in [5.74, 6) is 1.11. The molecule has 2 aromatic rings. The monoisotopic (exact) mass is 310 g/mol. The van der Waals surface area contributed by atoms with Crippen molar-refractivity contribution in [2.24, 2.45) is 0 Å². The number of ether oxygens (including phenoxy) is 2. The van der Waals surface area contributed by atoms with Crippen LogP contribution in [0, 0.1) is 0 Å². The molecule has 5 heteroatoms. The molecule has 0 aliphatic rings. The Morgan fingerprint density at radius 1 is 1.05 bits per heavy atom. The zero-order valence-corrected chi connectivity index (χ0v) is 12.2. The molecular formula is C15H12Cl2O3. The van der Waals surface area contributed by atoms with Gasteiger partial charge in [-0.1, -0.05) is 23.2 Å². The van der Waals surface area contributed by atoms with E-state index in [4.69, 9.17) is 32.7 Å². The van der Waals surface area contributed by atoms with E-state index < -0.39 is 0 Å². The first-order valence-electron chi connectivity index (χ1n) is 5.85. The average molecular weight is 311 g/mol. The van der Waals surface area contributed by atoms with Gasteiger partial charge >= 0.3 is 0 Å². The number of rotatable bonds is 5. The lowest BCUT2D eigenvalue weighted by atomic mass is 10.1. The van der Waals surface area contributed by atoms with Crippen LogP contribution in [-0.4, -0.2) is 19.5 Å². The predicted octanol–water partition coefficient (Wildman–Crippen LogP) is 4.26. The highest BCUT2D eigenvalue weighted by Gasteiger charge is 2.11. The molecule has 0 aromatic heterocycles. The maximum atomic E-state index is 12.0. The molecule has 0 radical (unpaired) electrons. The summed E-state index contributed by atoms with van der Waals surface area (Å²) in [6, 6.07) is 11.7. The van der Waals surface area contributed by atoms with Gasteiger partial charge in [0.15, 0.2) is 6.61 Å². The third-order valence-corrected chi connectivity index (χ3v) is 3.21. The van der Waals surface area contributed by atoms with Crippen molar-refractivity contribution in [1.29, 1.82) is 0 Å². The number of halogens is 2. The van der Waals surface area contributed by atoms with Crippen LogP contribution in [0.2, 0.25) is 10.0 Å². The van der Waals surface area contributed by atoms with Crippen molar-refractivity contribution in [2.75, 3.05) is 13.7 Å². The van der Waals surface area contributed by atoms with Gasteiger partial charge in [-0.15, -0.1) is 0 Å². The summed E-state index contributed by atoms with van der Waals surface area (Å²) in [5, 5.41) is 0.809. The molecule has 2 aromatic carbocycles. The van der Waals surface area contributed by atoms with Gasteiger partial charge < -0.3 is 9.47 Å². The Bertz CT molecular complexity index is 609. The Labute approximate surface area is 127 Å². The topological polar surface area (TPSA) is 35.5 Å². The largest absolute Gasteiger partial charge is 0.497 e. The third-order valence-electron chi connectivity index (χ3n) is 2.66. The van der Waals surface area contributed by atoms with Gasteiger partial charge in [0, 0.05) is 10.6 Å². The fourth-order valence-electron chi connectivity index (χ4n) is 1.61. The highest BCUT2D eigenvalue weighted by molar-refractivity contribution is 6.36. The van der Waals surface area contributed by atoms with E-state index in [9.17, 15) is 4.79 Å². The van der Waals surface area contributed by atoms with Crippen molar-refractivity contribution < 1.29 is 14.3 Å². The molecule has 0 saturated carbocycles. The molecule has 0 N–H and O–H groups in total. The van der Waals surface area contributed by atoms with E-state index >= 15 is 0 Å². The summed E-state index contributed by atoms with van der Waals surface area (Å²) in [4.78, 5) is 12.0. The zero-order chi connectivity index (χ0) is 14.5. The first-order chi connectivity index (χ1) is 9.60. The fourth-order valence-corrected chi connectivity index (χ4v) is 2.13. The molecule has 3 nitrogen and oxygen atoms in total. The van der Waals surface area contributed by atoms with Crippen LogP contribution in [0.15, 0.2) is 42.5 Å². The summed E-state index contributed by atoms with van der Waals surface area (Å²) < 4.78 is 10.4. The van der Waals surface area contributed by atoms with Crippen molar-refractivity contribution >= 4 is 29.0 Å². The molecule has 0 amide bonds. The highest BCUT2D eigenvalue weighted by atomic mass is 35.5. The minimum atomic E-state index is -0.206. The standard InChI is InChI=1S/C15H12Cl2O3/c1-19-11-3-5-12(6-4-11)20-9-15(18)13-7-2-10(16)8-14(13)17/h2-8H,9H2,1H3. The van der Waals surface area contributed by atoms with Gasteiger partial charge in [-0.05, 0) is 42.5 Å². The molecular weight excluding hydrogens is 299 g/mol. The van der Waals surface area contributed by atoms with Crippen LogP contribution in [0.3, 0.4) is 0 Å². The average Bonchev–Trinajstić information content (AvgIpc) is 2.45. The van der Waals surface area contributed by atoms with Crippen LogP contribution in [-0.2, 0) is 0 Å². The van der Waals surface area contributed by atoms with Crippen LogP contribution in [0.4, 0.5) is 0 Å². The quantitative estimate of drug-likeness (QED) is 0.774. The molecule has 0 spiro atoms. The lowest BCUT2D eigenvalue weighted by Gasteiger charge is -2.07. The van der Waals surface area contributed by atoms with Crippen LogP contribution < -0.4 is 9.47 Å². The fraction of sp³-hybridized carbons (Fsp3) is 0.133. The van der Waals surface area contributed by atoms with E-state index in [0.717, 1.165) is 5.75 Å². The smallest absolute Gasteiger partial charge is 0.201 e. The molecule has 0 saturated heterocycles. The maximum Gasteiger partial charge on any atom is 0.201 e. The van der Waals surface area contributed by atoms with Crippen LogP contribution in [0.25, 0.3) is 0 Å². The van der Waals surface area contributed by atoms with Crippen molar-refractivity contribution in [3.05, 3.63) is 58.1 Å². The Morgan fingerprint density at radius 3 is 2.30 bits per heavy atom. The maximum absolute atomic E-state index is 12.0. The van der Waals surface area contributed by atoms with Crippen molar-refractivity contribution in [3.8, 4) is 11.5 Å². The third kappa shape index (κ3) is 3.65. The number of carbonyl (C=O) groups is 1. The molecule has 0 atom stereocenters. The number of Topliss-reactive ketones (excluding diaryl/α,β-unsaturated/α-hetero) is 1. The van der Waals surface area contributed by atoms with E-state index in [1.54, 1.807) is 43.5 Å². The van der Waals surface area contributed by atoms with Gasteiger partial charge in [-0.25, -0.2) is 0 Å². The highest BCUT2D eigenvalue weighted by Crippen LogP contribution is 2.22. The second-order valence-electron chi connectivity index (χ2n) is 4.01. The van der Waals surface area contributed by atoms with Gasteiger partial charge in [0.05, 0.1) is 12.1 Å². The minimum Gasteiger partial charge on any atom is -0.497 e. The Balaban J connectivity index is 2.00. The second kappa shape index (κ2) is 6.64. The van der Waals surface area contributed by atoms with Gasteiger partial charge in [0.1, 0.15) is 11.5 Å². The van der Waals surface area contributed by atoms with Crippen LogP contribution in [0.5, 0.6) is 11.5 Å². The summed E-state index contributed by atoms with van der Waals surface area (Å²) in [6.07, 6.45) is 0. The van der Waals surface area contributed by atoms with Gasteiger partial charge in [0.2, 0.25) is 5.78 Å². The summed E-state index contributed by atoms with van der Waals surface area (Å²) in [6.45, 7) is -0.0896. The summed E-state index contributed by atoms with van der Waals surface area (Å²) >= 11 is 11.8. The van der Waals surface area contributed by atoms with E-state index in [1.165, 1.54) is 6.07 Å². The van der Waals surface area contributed by atoms with E-state index in [1.807, 2.05) is 0 Å². The SMILES string of the molecule is COc1ccc(OCC(=O)c2ccc(Cl)cc2Cl)cc1. The van der Waals surface area contributed by atoms with E-state index in [2.05, 4.69) is 0 Å². The van der Waals surface area contributed by atoms with Crippen LogP contribution in [0.1, 0.15) is 10.4 Å². The molecule has 2 rings (SSSR count). The number of ketones is 1. The lowest BCUT2D eigenvalue weighted by Crippen LogP contribution is -2.12. The number of methoxy groups -OCH3 is 1. The summed E-state index contributed by atoms with van der Waals surface area (Å²) in [7, 11) is 1.59. The molecule has 0 heterocycles. The first kappa shape index (κ1) is 14.7. The van der Waals surface area contributed by atoms with Crippen LogP contribution >= 0.6 is 23.2 Å². The minimum absolute atomic E-state index is 0.0896. The second-order valence-corrected chi connectivity index (χ2v) is 4.86. The lowest BCUT2D eigenvalue weighted by molar-refractivity contribution is 0.0921. The van der Waals surface area contributed by atoms with Gasteiger partial charge in [0.25, 0.3) is 0 Å². The van der Waals surface area contributed by atoms with Crippen molar-refractivity contribution in [3.63, 3.8) is 0 Å². The number of hydrogen-bond donors (Lipinski definition) is 0. The predicted molar refractivity (Wildman–Crippen MR) is 79.3 cm³/mol. The molecule has 0 unspecified atom stereocenters. The zero-order valence-electron chi connectivity index (χ0n) is 10.7. The molecule has 0 aliphatic carbocycles. The first-order valence-corrected chi connectivity index (χ1v) is 6.61. The Kier molecular flexibility index (Phi) is 4.88. The van der Waals surface area contributed by atoms with Gasteiger partial charge in [-0.3, -0.25) is 4.79 Å². The van der Waals surface area contributed by atoms with Crippen molar-refractivity contribution in [2.45, 2.75) is 0 Å². The number of hydrogen-bond acceptors (Lipinski definition) is 3. The number of carbonyl (C=O) groups excluding carboxylic acids is 1.